The first kappa shape index (κ1) is 18.0. The number of nitrogens with one attached hydrogen (secondary N) is 2. The van der Waals surface area contributed by atoms with Crippen molar-refractivity contribution in [2.45, 2.75) is 17.7 Å². The minimum Gasteiger partial charge on any atom is -0.495 e. The highest BCUT2D eigenvalue weighted by Crippen LogP contribution is 2.23. The number of methoxy groups -OCH3 is 1. The van der Waals surface area contributed by atoms with Gasteiger partial charge in [-0.3, -0.25) is 4.79 Å². The standard InChI is InChI=1S/C17H20N2O4S/c1-18-24(21,22)14-10-7-13(8-11-14)9-12-17(20)19-15-5-3-4-6-16(15)23-2/h3-8,10-11,18H,9,12H2,1-2H3,(H,19,20). The number of rotatable bonds is 7. The molecule has 0 heterocycles. The van der Waals surface area contributed by atoms with Gasteiger partial charge in [-0.15, -0.1) is 0 Å². The molecule has 0 aliphatic heterocycles. The Labute approximate surface area is 141 Å². The predicted molar refractivity (Wildman–Crippen MR) is 92.6 cm³/mol. The Morgan fingerprint density at radius 1 is 1.08 bits per heavy atom. The zero-order valence-electron chi connectivity index (χ0n) is 13.6. The van der Waals surface area contributed by atoms with E-state index in [0.717, 1.165) is 5.56 Å². The van der Waals surface area contributed by atoms with Gasteiger partial charge < -0.3 is 10.1 Å². The maximum Gasteiger partial charge on any atom is 0.240 e. The van der Waals surface area contributed by atoms with E-state index in [2.05, 4.69) is 10.0 Å². The zero-order valence-corrected chi connectivity index (χ0v) is 14.4. The third kappa shape index (κ3) is 4.56. The number of sulfonamides is 1. The largest absolute Gasteiger partial charge is 0.495 e. The Morgan fingerprint density at radius 2 is 1.75 bits per heavy atom. The van der Waals surface area contributed by atoms with Crippen molar-refractivity contribution in [1.29, 1.82) is 0 Å². The van der Waals surface area contributed by atoms with Crippen LogP contribution in [0.25, 0.3) is 0 Å². The summed E-state index contributed by atoms with van der Waals surface area (Å²) in [4.78, 5) is 12.3. The van der Waals surface area contributed by atoms with Crippen LogP contribution in [0.3, 0.4) is 0 Å². The van der Waals surface area contributed by atoms with Gasteiger partial charge in [-0.25, -0.2) is 13.1 Å². The van der Waals surface area contributed by atoms with Crippen LogP contribution in [0.1, 0.15) is 12.0 Å². The van der Waals surface area contributed by atoms with Gasteiger partial charge in [-0.1, -0.05) is 24.3 Å². The molecule has 0 radical (unpaired) electrons. The van der Waals surface area contributed by atoms with Gasteiger partial charge in [0.1, 0.15) is 5.75 Å². The minimum absolute atomic E-state index is 0.133. The first-order valence-electron chi connectivity index (χ1n) is 7.41. The second-order valence-electron chi connectivity index (χ2n) is 5.10. The van der Waals surface area contributed by atoms with Crippen LogP contribution in [-0.2, 0) is 21.2 Å². The number of amides is 1. The third-order valence-corrected chi connectivity index (χ3v) is 4.95. The number of anilines is 1. The van der Waals surface area contributed by atoms with Crippen LogP contribution < -0.4 is 14.8 Å². The maximum atomic E-state index is 12.1. The molecule has 2 rings (SSSR count). The Kier molecular flexibility index (Phi) is 5.94. The molecule has 24 heavy (non-hydrogen) atoms. The molecule has 0 aromatic heterocycles. The molecule has 0 saturated carbocycles. The number of aryl methyl sites for hydroxylation is 1. The highest BCUT2D eigenvalue weighted by molar-refractivity contribution is 7.89. The molecule has 0 saturated heterocycles. The second-order valence-corrected chi connectivity index (χ2v) is 6.99. The van der Waals surface area contributed by atoms with Crippen molar-refractivity contribution in [3.63, 3.8) is 0 Å². The van der Waals surface area contributed by atoms with Crippen LogP contribution in [0.15, 0.2) is 53.4 Å². The van der Waals surface area contributed by atoms with E-state index in [4.69, 9.17) is 4.74 Å². The molecule has 0 bridgehead atoms. The summed E-state index contributed by atoms with van der Waals surface area (Å²) in [7, 11) is -0.524. The number of hydrogen-bond acceptors (Lipinski definition) is 4. The lowest BCUT2D eigenvalue weighted by atomic mass is 10.1. The van der Waals surface area contributed by atoms with Gasteiger partial charge in [0.05, 0.1) is 17.7 Å². The highest BCUT2D eigenvalue weighted by Gasteiger charge is 2.11. The summed E-state index contributed by atoms with van der Waals surface area (Å²) in [5.74, 6) is 0.471. The highest BCUT2D eigenvalue weighted by atomic mass is 32.2. The van der Waals surface area contributed by atoms with E-state index in [9.17, 15) is 13.2 Å². The van der Waals surface area contributed by atoms with Crippen LogP contribution >= 0.6 is 0 Å². The summed E-state index contributed by atoms with van der Waals surface area (Å²) in [6.45, 7) is 0. The number of carbonyl (C=O) groups excluding carboxylic acids is 1. The van der Waals surface area contributed by atoms with Crippen molar-refractivity contribution in [2.75, 3.05) is 19.5 Å². The molecule has 0 aliphatic carbocycles. The first-order chi connectivity index (χ1) is 11.5. The van der Waals surface area contributed by atoms with Crippen molar-refractivity contribution in [1.82, 2.24) is 4.72 Å². The van der Waals surface area contributed by atoms with Crippen LogP contribution in [0.5, 0.6) is 5.75 Å². The molecule has 2 N–H and O–H groups in total. The lowest BCUT2D eigenvalue weighted by Gasteiger charge is -2.10. The van der Waals surface area contributed by atoms with Crippen molar-refractivity contribution >= 4 is 21.6 Å². The topological polar surface area (TPSA) is 84.5 Å². The van der Waals surface area contributed by atoms with Crippen molar-refractivity contribution < 1.29 is 17.9 Å². The smallest absolute Gasteiger partial charge is 0.240 e. The lowest BCUT2D eigenvalue weighted by molar-refractivity contribution is -0.116. The molecule has 0 unspecified atom stereocenters. The van der Waals surface area contributed by atoms with Gasteiger partial charge in [0, 0.05) is 6.42 Å². The van der Waals surface area contributed by atoms with Crippen LogP contribution in [0.4, 0.5) is 5.69 Å². The van der Waals surface area contributed by atoms with Gasteiger partial charge in [-0.2, -0.15) is 0 Å². The molecule has 0 aliphatic rings. The summed E-state index contributed by atoms with van der Waals surface area (Å²) in [5, 5.41) is 2.81. The monoisotopic (exact) mass is 348 g/mol. The van der Waals surface area contributed by atoms with Gasteiger partial charge in [0.2, 0.25) is 15.9 Å². The van der Waals surface area contributed by atoms with Gasteiger partial charge in [0.15, 0.2) is 0 Å². The van der Waals surface area contributed by atoms with E-state index in [-0.39, 0.29) is 17.2 Å². The average molecular weight is 348 g/mol. The Hall–Kier alpha value is -2.38. The fraction of sp³-hybridized carbons (Fsp3) is 0.235. The SMILES string of the molecule is CNS(=O)(=O)c1ccc(CCC(=O)Nc2ccccc2OC)cc1. The van der Waals surface area contributed by atoms with Gasteiger partial charge in [0.25, 0.3) is 0 Å². The number of hydrogen-bond donors (Lipinski definition) is 2. The van der Waals surface area contributed by atoms with Gasteiger partial charge in [-0.05, 0) is 43.3 Å². The molecule has 0 spiro atoms. The summed E-state index contributed by atoms with van der Waals surface area (Å²) < 4.78 is 30.8. The van der Waals surface area contributed by atoms with E-state index in [1.54, 1.807) is 31.4 Å². The van der Waals surface area contributed by atoms with E-state index in [1.807, 2.05) is 12.1 Å². The fourth-order valence-corrected chi connectivity index (χ4v) is 2.90. The fourth-order valence-electron chi connectivity index (χ4n) is 2.17. The Balaban J connectivity index is 1.94. The summed E-state index contributed by atoms with van der Waals surface area (Å²) >= 11 is 0. The normalized spacial score (nSPS) is 11.1. The molecule has 7 heteroatoms. The van der Waals surface area contributed by atoms with Crippen LogP contribution in [0.2, 0.25) is 0 Å². The van der Waals surface area contributed by atoms with Crippen molar-refractivity contribution in [3.8, 4) is 5.75 Å². The van der Waals surface area contributed by atoms with Gasteiger partial charge >= 0.3 is 0 Å². The lowest BCUT2D eigenvalue weighted by Crippen LogP contribution is -2.18. The Bertz CT molecular complexity index is 802. The molecule has 1 amide bonds. The molecule has 128 valence electrons. The Morgan fingerprint density at radius 3 is 2.38 bits per heavy atom. The minimum atomic E-state index is -3.44. The number of benzene rings is 2. The summed E-state index contributed by atoms with van der Waals surface area (Å²) in [6, 6.07) is 13.7. The van der Waals surface area contributed by atoms with Crippen LogP contribution in [0, 0.1) is 0 Å². The van der Waals surface area contributed by atoms with E-state index >= 15 is 0 Å². The van der Waals surface area contributed by atoms with Crippen molar-refractivity contribution in [3.05, 3.63) is 54.1 Å². The summed E-state index contributed by atoms with van der Waals surface area (Å²) in [6.07, 6.45) is 0.803. The molecule has 2 aromatic rings. The molecular weight excluding hydrogens is 328 g/mol. The van der Waals surface area contributed by atoms with E-state index < -0.39 is 10.0 Å². The zero-order chi connectivity index (χ0) is 17.6. The summed E-state index contributed by atoms with van der Waals surface area (Å²) in [5.41, 5.74) is 1.51. The number of para-hydroxylation sites is 2. The number of ether oxygens (including phenoxy) is 1. The second kappa shape index (κ2) is 7.94. The molecule has 0 atom stereocenters. The molecule has 2 aromatic carbocycles. The number of carbonyl (C=O) groups is 1. The maximum absolute atomic E-state index is 12.1. The average Bonchev–Trinajstić information content (AvgIpc) is 2.61. The molecule has 6 nitrogen and oxygen atoms in total. The third-order valence-electron chi connectivity index (χ3n) is 3.52. The quantitative estimate of drug-likeness (QED) is 0.803. The molecular formula is C17H20N2O4S. The van der Waals surface area contributed by atoms with Crippen molar-refractivity contribution in [2.24, 2.45) is 0 Å². The van der Waals surface area contributed by atoms with Crippen LogP contribution in [-0.4, -0.2) is 28.5 Å². The van der Waals surface area contributed by atoms with E-state index in [0.29, 0.717) is 17.9 Å². The molecule has 0 fully saturated rings. The first-order valence-corrected chi connectivity index (χ1v) is 8.90. The van der Waals surface area contributed by atoms with E-state index in [1.165, 1.54) is 19.2 Å². The predicted octanol–water partition coefficient (Wildman–Crippen LogP) is 2.17.